The summed E-state index contributed by atoms with van der Waals surface area (Å²) >= 11 is 0. The van der Waals surface area contributed by atoms with Gasteiger partial charge in [-0.1, -0.05) is 121 Å². The van der Waals surface area contributed by atoms with Crippen LogP contribution >= 0.6 is 0 Å². The van der Waals surface area contributed by atoms with Crippen molar-refractivity contribution in [2.75, 3.05) is 9.80 Å². The van der Waals surface area contributed by atoms with Gasteiger partial charge in [-0.15, -0.1) is 0 Å². The van der Waals surface area contributed by atoms with E-state index >= 15 is 0 Å². The Kier molecular flexibility index (Phi) is 7.46. The molecule has 11 aromatic rings. The van der Waals surface area contributed by atoms with Gasteiger partial charge in [0.1, 0.15) is 16.7 Å². The summed E-state index contributed by atoms with van der Waals surface area (Å²) in [5, 5.41) is 6.57. The molecule has 0 unspecified atom stereocenters. The Morgan fingerprint density at radius 1 is 0.304 bits per heavy atom. The van der Waals surface area contributed by atoms with Crippen molar-refractivity contribution in [3.05, 3.63) is 206 Å². The van der Waals surface area contributed by atoms with Gasteiger partial charge in [0.25, 0.3) is 0 Å². The lowest BCUT2D eigenvalue weighted by atomic mass is 10.0. The number of nitrogens with zero attached hydrogens (tertiary/aromatic N) is 2. The zero-order valence-electron chi connectivity index (χ0n) is 30.3. The molecule has 0 spiro atoms. The molecule has 0 fully saturated rings. The third-order valence-electron chi connectivity index (χ3n) is 10.8. The first kappa shape index (κ1) is 31.9. The standard InChI is InChI=1S/C52H34N2O2/c1-4-15-35(16-5-1)36-19-14-24-41(31-36)53(39-20-6-2-7-21-39)46-29-30-47(52-51(46)45-32-37-17-10-11-18-38(37)33-49(45)56-52)54(40-22-8-3-9-23-40)42-27-28-44-43-25-12-13-26-48(43)55-50(44)34-42/h1-34H. The molecule has 0 N–H and O–H groups in total. The van der Waals surface area contributed by atoms with E-state index in [0.717, 1.165) is 94.3 Å². The van der Waals surface area contributed by atoms with Crippen LogP contribution in [0.2, 0.25) is 0 Å². The van der Waals surface area contributed by atoms with E-state index in [1.807, 2.05) is 12.1 Å². The second-order valence-electron chi connectivity index (χ2n) is 14.1. The van der Waals surface area contributed by atoms with E-state index < -0.39 is 0 Å². The first-order valence-electron chi connectivity index (χ1n) is 18.9. The highest BCUT2D eigenvalue weighted by atomic mass is 16.3. The van der Waals surface area contributed by atoms with Crippen molar-refractivity contribution >= 4 is 88.8 Å². The van der Waals surface area contributed by atoms with Crippen LogP contribution in [-0.4, -0.2) is 0 Å². The summed E-state index contributed by atoms with van der Waals surface area (Å²) in [6.45, 7) is 0. The minimum absolute atomic E-state index is 0.793. The fourth-order valence-electron chi connectivity index (χ4n) is 8.21. The molecule has 0 saturated carbocycles. The average Bonchev–Trinajstić information content (AvgIpc) is 3.83. The van der Waals surface area contributed by atoms with Crippen molar-refractivity contribution in [2.45, 2.75) is 0 Å². The fraction of sp³-hybridized carbons (Fsp3) is 0. The van der Waals surface area contributed by atoms with Crippen LogP contribution in [-0.2, 0) is 0 Å². The first-order valence-corrected chi connectivity index (χ1v) is 18.9. The number of benzene rings is 9. The number of rotatable bonds is 7. The van der Waals surface area contributed by atoms with Crippen molar-refractivity contribution in [3.63, 3.8) is 0 Å². The second-order valence-corrected chi connectivity index (χ2v) is 14.1. The molecule has 2 heterocycles. The van der Waals surface area contributed by atoms with Crippen LogP contribution in [0, 0.1) is 0 Å². The molecular formula is C52H34N2O2. The second kappa shape index (κ2) is 13.1. The highest BCUT2D eigenvalue weighted by molar-refractivity contribution is 6.20. The van der Waals surface area contributed by atoms with E-state index in [0.29, 0.717) is 0 Å². The van der Waals surface area contributed by atoms with E-state index in [2.05, 4.69) is 204 Å². The maximum atomic E-state index is 7.12. The molecule has 0 saturated heterocycles. The van der Waals surface area contributed by atoms with E-state index in [4.69, 9.17) is 8.83 Å². The zero-order chi connectivity index (χ0) is 37.0. The summed E-state index contributed by atoms with van der Waals surface area (Å²) in [6, 6.07) is 72.6. The molecule has 0 aliphatic heterocycles. The lowest BCUT2D eigenvalue weighted by Crippen LogP contribution is -2.13. The lowest BCUT2D eigenvalue weighted by molar-refractivity contribution is 0.667. The molecule has 0 amide bonds. The quantitative estimate of drug-likeness (QED) is 0.164. The lowest BCUT2D eigenvalue weighted by Gasteiger charge is -2.29. The SMILES string of the molecule is c1ccc(-c2cccc(N(c3ccccc3)c3ccc(N(c4ccccc4)c4ccc5c(c4)oc4ccccc45)c4oc5cc6ccccc6cc5c34)c2)cc1. The van der Waals surface area contributed by atoms with Crippen LogP contribution in [0.3, 0.4) is 0 Å². The van der Waals surface area contributed by atoms with Crippen molar-refractivity contribution < 1.29 is 8.83 Å². The van der Waals surface area contributed by atoms with Gasteiger partial charge < -0.3 is 18.6 Å². The summed E-state index contributed by atoms with van der Waals surface area (Å²) in [7, 11) is 0. The summed E-state index contributed by atoms with van der Waals surface area (Å²) in [5.41, 5.74) is 11.7. The molecule has 0 bridgehead atoms. The zero-order valence-corrected chi connectivity index (χ0v) is 30.3. The Morgan fingerprint density at radius 3 is 1.62 bits per heavy atom. The molecule has 9 aromatic carbocycles. The predicted molar refractivity (Wildman–Crippen MR) is 233 cm³/mol. The number of furan rings is 2. The van der Waals surface area contributed by atoms with Gasteiger partial charge in [-0.2, -0.15) is 0 Å². The minimum atomic E-state index is 0.793. The van der Waals surface area contributed by atoms with Crippen molar-refractivity contribution in [1.29, 1.82) is 0 Å². The van der Waals surface area contributed by atoms with E-state index in [1.165, 1.54) is 5.56 Å². The number of hydrogen-bond acceptors (Lipinski definition) is 4. The molecule has 0 aliphatic rings. The van der Waals surface area contributed by atoms with Crippen LogP contribution in [0.15, 0.2) is 215 Å². The number of fused-ring (bicyclic) bond motifs is 7. The van der Waals surface area contributed by atoms with Gasteiger partial charge in [0, 0.05) is 39.3 Å². The smallest absolute Gasteiger partial charge is 0.161 e. The molecule has 4 nitrogen and oxygen atoms in total. The monoisotopic (exact) mass is 718 g/mol. The topological polar surface area (TPSA) is 32.8 Å². The normalized spacial score (nSPS) is 11.6. The van der Waals surface area contributed by atoms with Crippen molar-refractivity contribution in [1.82, 2.24) is 0 Å². The van der Waals surface area contributed by atoms with Gasteiger partial charge in [0.15, 0.2) is 5.58 Å². The Hall–Kier alpha value is -7.56. The molecule has 56 heavy (non-hydrogen) atoms. The van der Waals surface area contributed by atoms with Gasteiger partial charge in [-0.25, -0.2) is 0 Å². The molecule has 2 aromatic heterocycles. The van der Waals surface area contributed by atoms with Crippen LogP contribution in [0.4, 0.5) is 34.1 Å². The molecule has 0 aliphatic carbocycles. The molecule has 11 rings (SSSR count). The number of para-hydroxylation sites is 3. The summed E-state index contributed by atoms with van der Waals surface area (Å²) < 4.78 is 13.5. The number of anilines is 6. The van der Waals surface area contributed by atoms with E-state index in [-0.39, 0.29) is 0 Å². The molecule has 264 valence electrons. The van der Waals surface area contributed by atoms with E-state index in [9.17, 15) is 0 Å². The summed E-state index contributed by atoms with van der Waals surface area (Å²) in [6.07, 6.45) is 0. The summed E-state index contributed by atoms with van der Waals surface area (Å²) in [4.78, 5) is 4.64. The van der Waals surface area contributed by atoms with Crippen LogP contribution in [0.1, 0.15) is 0 Å². The molecule has 0 atom stereocenters. The van der Waals surface area contributed by atoms with Gasteiger partial charge in [0.05, 0.1) is 22.4 Å². The third-order valence-corrected chi connectivity index (χ3v) is 10.8. The maximum Gasteiger partial charge on any atom is 0.161 e. The third kappa shape index (κ3) is 5.31. The van der Waals surface area contributed by atoms with Gasteiger partial charge in [-0.3, -0.25) is 0 Å². The molecule has 4 heteroatoms. The highest BCUT2D eigenvalue weighted by Gasteiger charge is 2.26. The molecular weight excluding hydrogens is 685 g/mol. The van der Waals surface area contributed by atoms with E-state index in [1.54, 1.807) is 0 Å². The average molecular weight is 719 g/mol. The largest absolute Gasteiger partial charge is 0.456 e. The minimum Gasteiger partial charge on any atom is -0.456 e. The predicted octanol–water partition coefficient (Wildman–Crippen LogP) is 15.2. The van der Waals surface area contributed by atoms with Crippen molar-refractivity contribution in [3.8, 4) is 11.1 Å². The molecule has 0 radical (unpaired) electrons. The Bertz CT molecular complexity index is 3200. The van der Waals surface area contributed by atoms with Gasteiger partial charge >= 0.3 is 0 Å². The van der Waals surface area contributed by atoms with Crippen LogP contribution in [0.25, 0.3) is 65.8 Å². The van der Waals surface area contributed by atoms with Crippen LogP contribution in [0.5, 0.6) is 0 Å². The maximum absolute atomic E-state index is 7.12. The van der Waals surface area contributed by atoms with Gasteiger partial charge in [-0.05, 0) is 101 Å². The Balaban J connectivity index is 1.20. The first-order chi connectivity index (χ1) is 27.8. The highest BCUT2D eigenvalue weighted by Crippen LogP contribution is 2.50. The van der Waals surface area contributed by atoms with Gasteiger partial charge in [0.2, 0.25) is 0 Å². The fourth-order valence-corrected chi connectivity index (χ4v) is 8.21. The Labute approximate surface area is 323 Å². The summed E-state index contributed by atoms with van der Waals surface area (Å²) in [5.74, 6) is 0. The van der Waals surface area contributed by atoms with Crippen molar-refractivity contribution in [2.24, 2.45) is 0 Å². The Morgan fingerprint density at radius 2 is 0.857 bits per heavy atom. The number of hydrogen-bond donors (Lipinski definition) is 0. The van der Waals surface area contributed by atoms with Crippen LogP contribution < -0.4 is 9.80 Å².